The van der Waals surface area contributed by atoms with Crippen LogP contribution in [0.1, 0.15) is 31.4 Å². The Morgan fingerprint density at radius 2 is 2.28 bits per heavy atom. The van der Waals surface area contributed by atoms with E-state index in [9.17, 15) is 9.90 Å². The molecule has 0 aliphatic rings. The van der Waals surface area contributed by atoms with E-state index in [1.54, 1.807) is 19.2 Å². The van der Waals surface area contributed by atoms with Crippen molar-refractivity contribution in [2.45, 2.75) is 25.8 Å². The number of aromatic hydroxyl groups is 1. The van der Waals surface area contributed by atoms with Crippen LogP contribution in [0.15, 0.2) is 18.2 Å². The van der Waals surface area contributed by atoms with Crippen molar-refractivity contribution in [2.24, 2.45) is 5.73 Å². The lowest BCUT2D eigenvalue weighted by atomic mass is 10.1. The highest BCUT2D eigenvalue weighted by Gasteiger charge is 2.10. The summed E-state index contributed by atoms with van der Waals surface area (Å²) in [4.78, 5) is 10.6. The Bertz CT molecular complexity index is 407. The average molecular weight is 252 g/mol. The van der Waals surface area contributed by atoms with Gasteiger partial charge in [0.1, 0.15) is 11.5 Å². The first-order valence-electron chi connectivity index (χ1n) is 5.93. The number of carbonyl (C=O) groups is 1. The normalized spacial score (nSPS) is 12.1. The van der Waals surface area contributed by atoms with Gasteiger partial charge in [-0.2, -0.15) is 0 Å². The second-order valence-corrected chi connectivity index (χ2v) is 4.17. The Morgan fingerprint density at radius 3 is 2.83 bits per heavy atom. The lowest BCUT2D eigenvalue weighted by Gasteiger charge is -2.16. The zero-order chi connectivity index (χ0) is 13.5. The molecule has 0 heterocycles. The van der Waals surface area contributed by atoms with E-state index < -0.39 is 0 Å². The zero-order valence-corrected chi connectivity index (χ0v) is 10.8. The molecule has 18 heavy (non-hydrogen) atoms. The van der Waals surface area contributed by atoms with Crippen LogP contribution in [0.5, 0.6) is 11.5 Å². The molecule has 5 nitrogen and oxygen atoms in total. The van der Waals surface area contributed by atoms with E-state index in [0.29, 0.717) is 25.1 Å². The SMILES string of the molecule is COc1ccc(C(C)NCCCC(N)=O)c(O)c1. The molecule has 0 spiro atoms. The van der Waals surface area contributed by atoms with E-state index in [2.05, 4.69) is 5.32 Å². The first kappa shape index (κ1) is 14.3. The van der Waals surface area contributed by atoms with Gasteiger partial charge in [0.25, 0.3) is 0 Å². The van der Waals surface area contributed by atoms with Crippen LogP contribution in [0.2, 0.25) is 0 Å². The molecule has 1 aromatic rings. The number of rotatable bonds is 7. The van der Waals surface area contributed by atoms with Gasteiger partial charge >= 0.3 is 0 Å². The molecule has 0 aliphatic heterocycles. The van der Waals surface area contributed by atoms with Gasteiger partial charge in [-0.1, -0.05) is 6.07 Å². The summed E-state index contributed by atoms with van der Waals surface area (Å²) in [6, 6.07) is 5.21. The van der Waals surface area contributed by atoms with Gasteiger partial charge in [-0.05, 0) is 26.0 Å². The van der Waals surface area contributed by atoms with Gasteiger partial charge in [0, 0.05) is 24.1 Å². The van der Waals surface area contributed by atoms with Crippen molar-refractivity contribution in [3.05, 3.63) is 23.8 Å². The van der Waals surface area contributed by atoms with E-state index in [1.165, 1.54) is 0 Å². The van der Waals surface area contributed by atoms with E-state index in [1.807, 2.05) is 13.0 Å². The van der Waals surface area contributed by atoms with Crippen molar-refractivity contribution < 1.29 is 14.6 Å². The summed E-state index contributed by atoms with van der Waals surface area (Å²) in [5, 5.41) is 13.1. The number of hydrogen-bond donors (Lipinski definition) is 3. The predicted octanol–water partition coefficient (Wildman–Crippen LogP) is 1.32. The quantitative estimate of drug-likeness (QED) is 0.639. The topological polar surface area (TPSA) is 84.6 Å². The number of benzene rings is 1. The number of methoxy groups -OCH3 is 1. The van der Waals surface area contributed by atoms with Crippen molar-refractivity contribution in [1.82, 2.24) is 5.32 Å². The van der Waals surface area contributed by atoms with Crippen molar-refractivity contribution in [1.29, 1.82) is 0 Å². The Kier molecular flexibility index (Phi) is 5.45. The molecular formula is C13H20N2O3. The summed E-state index contributed by atoms with van der Waals surface area (Å²) in [5.74, 6) is 0.526. The minimum Gasteiger partial charge on any atom is -0.507 e. The summed E-state index contributed by atoms with van der Waals surface area (Å²) in [6.45, 7) is 2.63. The second-order valence-electron chi connectivity index (χ2n) is 4.17. The van der Waals surface area contributed by atoms with Crippen LogP contribution in [0.25, 0.3) is 0 Å². The number of hydrogen-bond acceptors (Lipinski definition) is 4. The summed E-state index contributed by atoms with van der Waals surface area (Å²) in [6.07, 6.45) is 1.06. The van der Waals surface area contributed by atoms with Crippen LogP contribution >= 0.6 is 0 Å². The minimum absolute atomic E-state index is 0.00350. The molecule has 1 atom stereocenters. The fourth-order valence-electron chi connectivity index (χ4n) is 1.71. The molecule has 1 amide bonds. The van der Waals surface area contributed by atoms with Crippen molar-refractivity contribution >= 4 is 5.91 Å². The van der Waals surface area contributed by atoms with Gasteiger partial charge in [-0.15, -0.1) is 0 Å². The van der Waals surface area contributed by atoms with Crippen molar-refractivity contribution in [3.63, 3.8) is 0 Å². The molecule has 4 N–H and O–H groups in total. The van der Waals surface area contributed by atoms with Gasteiger partial charge in [-0.25, -0.2) is 0 Å². The maximum atomic E-state index is 10.6. The number of ether oxygens (including phenoxy) is 1. The molecule has 1 aromatic carbocycles. The van der Waals surface area contributed by atoms with Gasteiger partial charge < -0.3 is 20.9 Å². The Hall–Kier alpha value is -1.75. The molecule has 1 unspecified atom stereocenters. The molecule has 0 saturated heterocycles. The van der Waals surface area contributed by atoms with Gasteiger partial charge in [0.05, 0.1) is 7.11 Å². The van der Waals surface area contributed by atoms with Crippen LogP contribution in [0.4, 0.5) is 0 Å². The van der Waals surface area contributed by atoms with Crippen LogP contribution in [0, 0.1) is 0 Å². The third-order valence-electron chi connectivity index (χ3n) is 2.75. The number of carbonyl (C=O) groups excluding carboxylic acids is 1. The highest BCUT2D eigenvalue weighted by molar-refractivity contribution is 5.73. The third-order valence-corrected chi connectivity index (χ3v) is 2.75. The molecule has 0 aliphatic carbocycles. The average Bonchev–Trinajstić information content (AvgIpc) is 2.33. The third kappa shape index (κ3) is 4.25. The molecular weight excluding hydrogens is 232 g/mol. The van der Waals surface area contributed by atoms with Crippen LogP contribution < -0.4 is 15.8 Å². The Labute approximate surface area is 107 Å². The maximum absolute atomic E-state index is 10.6. The zero-order valence-electron chi connectivity index (χ0n) is 10.8. The number of amides is 1. The number of nitrogens with two attached hydrogens (primary N) is 1. The first-order chi connectivity index (χ1) is 8.54. The monoisotopic (exact) mass is 252 g/mol. The smallest absolute Gasteiger partial charge is 0.217 e. The van der Waals surface area contributed by atoms with Gasteiger partial charge in [0.2, 0.25) is 5.91 Å². The van der Waals surface area contributed by atoms with Crippen LogP contribution in [-0.2, 0) is 4.79 Å². The fraction of sp³-hybridized carbons (Fsp3) is 0.462. The Morgan fingerprint density at radius 1 is 1.56 bits per heavy atom. The minimum atomic E-state index is -0.295. The van der Waals surface area contributed by atoms with E-state index in [4.69, 9.17) is 10.5 Å². The van der Waals surface area contributed by atoms with Gasteiger partial charge in [-0.3, -0.25) is 4.79 Å². The second kappa shape index (κ2) is 6.86. The predicted molar refractivity (Wildman–Crippen MR) is 69.5 cm³/mol. The summed E-state index contributed by atoms with van der Waals surface area (Å²) in [5.41, 5.74) is 5.86. The first-order valence-corrected chi connectivity index (χ1v) is 5.93. The molecule has 0 fully saturated rings. The standard InChI is InChI=1S/C13H20N2O3/c1-9(15-7-3-4-13(14)17)11-6-5-10(18-2)8-12(11)16/h5-6,8-9,15-16H,3-4,7H2,1-2H3,(H2,14,17). The summed E-state index contributed by atoms with van der Waals surface area (Å²) < 4.78 is 5.02. The molecule has 0 aromatic heterocycles. The molecule has 1 rings (SSSR count). The highest BCUT2D eigenvalue weighted by Crippen LogP contribution is 2.28. The summed E-state index contributed by atoms with van der Waals surface area (Å²) >= 11 is 0. The van der Waals surface area contributed by atoms with E-state index in [-0.39, 0.29) is 17.7 Å². The molecule has 100 valence electrons. The molecule has 5 heteroatoms. The van der Waals surface area contributed by atoms with Crippen LogP contribution in [0.3, 0.4) is 0 Å². The number of phenolic OH excluding ortho intramolecular Hbond substituents is 1. The molecule has 0 radical (unpaired) electrons. The maximum Gasteiger partial charge on any atom is 0.217 e. The van der Waals surface area contributed by atoms with Crippen molar-refractivity contribution in [3.8, 4) is 11.5 Å². The lowest BCUT2D eigenvalue weighted by Crippen LogP contribution is -2.21. The van der Waals surface area contributed by atoms with Crippen molar-refractivity contribution in [2.75, 3.05) is 13.7 Å². The number of primary amides is 1. The summed E-state index contributed by atoms with van der Waals surface area (Å²) in [7, 11) is 1.56. The van der Waals surface area contributed by atoms with E-state index in [0.717, 1.165) is 5.56 Å². The molecule has 0 bridgehead atoms. The highest BCUT2D eigenvalue weighted by atomic mass is 16.5. The number of phenols is 1. The van der Waals surface area contributed by atoms with Crippen LogP contribution in [-0.4, -0.2) is 24.7 Å². The fourth-order valence-corrected chi connectivity index (χ4v) is 1.71. The Balaban J connectivity index is 2.50. The lowest BCUT2D eigenvalue weighted by molar-refractivity contribution is -0.118. The largest absolute Gasteiger partial charge is 0.507 e. The number of nitrogens with one attached hydrogen (secondary N) is 1. The van der Waals surface area contributed by atoms with Gasteiger partial charge in [0.15, 0.2) is 0 Å². The van der Waals surface area contributed by atoms with E-state index >= 15 is 0 Å². The molecule has 0 saturated carbocycles.